The molecule has 0 bridgehead atoms. The van der Waals surface area contributed by atoms with E-state index in [1.807, 2.05) is 0 Å². The van der Waals surface area contributed by atoms with Crippen molar-refractivity contribution in [1.29, 1.82) is 0 Å². The van der Waals surface area contributed by atoms with Crippen molar-refractivity contribution in [2.45, 2.75) is 25.7 Å². The summed E-state index contributed by atoms with van der Waals surface area (Å²) in [5, 5.41) is 3.08. The number of carbonyl (C=O) groups excluding carboxylic acids is 1. The molecule has 1 fully saturated rings. The van der Waals surface area contributed by atoms with Crippen LogP contribution in [-0.4, -0.2) is 37.0 Å². The first-order valence-electron chi connectivity index (χ1n) is 6.51. The van der Waals surface area contributed by atoms with Crippen LogP contribution in [0, 0.1) is 0 Å². The topological polar surface area (TPSA) is 45.5 Å². The number of halogens is 1. The molecule has 1 saturated heterocycles. The fourth-order valence-electron chi connectivity index (χ4n) is 2.21. The number of furan rings is 1. The number of rotatable bonds is 5. The van der Waals surface area contributed by atoms with Gasteiger partial charge in [0.05, 0.1) is 0 Å². The predicted octanol–water partition coefficient (Wildman–Crippen LogP) is 2.54. The summed E-state index contributed by atoms with van der Waals surface area (Å²) >= 11 is 5.61. The molecule has 1 aliphatic rings. The quantitative estimate of drug-likeness (QED) is 0.837. The highest BCUT2D eigenvalue weighted by Crippen LogP contribution is 2.12. The molecule has 2 rings (SSSR count). The molecular weight excluding hydrogens is 252 g/mol. The van der Waals surface area contributed by atoms with Gasteiger partial charge in [-0.3, -0.25) is 4.79 Å². The average Bonchev–Trinajstić information content (AvgIpc) is 2.82. The van der Waals surface area contributed by atoms with Crippen molar-refractivity contribution in [3.63, 3.8) is 0 Å². The van der Waals surface area contributed by atoms with E-state index in [0.29, 0.717) is 6.54 Å². The van der Waals surface area contributed by atoms with Crippen molar-refractivity contribution in [3.05, 3.63) is 23.1 Å². The first kappa shape index (κ1) is 13.4. The summed E-state index contributed by atoms with van der Waals surface area (Å²) in [6.45, 7) is 4.12. The van der Waals surface area contributed by atoms with Crippen LogP contribution in [-0.2, 0) is 0 Å². The Bertz CT molecular complexity index is 386. The Morgan fingerprint density at radius 3 is 2.78 bits per heavy atom. The van der Waals surface area contributed by atoms with E-state index in [1.165, 1.54) is 32.4 Å². The zero-order chi connectivity index (χ0) is 12.8. The Morgan fingerprint density at radius 2 is 2.11 bits per heavy atom. The van der Waals surface area contributed by atoms with Crippen LogP contribution in [0.1, 0.15) is 36.2 Å². The van der Waals surface area contributed by atoms with Crippen molar-refractivity contribution in [2.24, 2.45) is 0 Å². The van der Waals surface area contributed by atoms with Gasteiger partial charge in [-0.1, -0.05) is 6.42 Å². The molecule has 1 aromatic rings. The SMILES string of the molecule is O=C(NCCCN1CCCCC1)c1ccc(Cl)o1. The van der Waals surface area contributed by atoms with Gasteiger partial charge in [0.1, 0.15) is 0 Å². The van der Waals surface area contributed by atoms with Crippen molar-refractivity contribution in [2.75, 3.05) is 26.2 Å². The van der Waals surface area contributed by atoms with E-state index in [2.05, 4.69) is 10.2 Å². The summed E-state index contributed by atoms with van der Waals surface area (Å²) in [5.41, 5.74) is 0. The third-order valence-corrected chi connectivity index (χ3v) is 3.39. The normalized spacial score (nSPS) is 16.7. The number of piperidine rings is 1. The van der Waals surface area contributed by atoms with Gasteiger partial charge in [0, 0.05) is 6.54 Å². The highest BCUT2D eigenvalue weighted by atomic mass is 35.5. The molecule has 0 atom stereocenters. The summed E-state index contributed by atoms with van der Waals surface area (Å²) in [4.78, 5) is 14.1. The number of nitrogens with zero attached hydrogens (tertiary/aromatic N) is 1. The highest BCUT2D eigenvalue weighted by Gasteiger charge is 2.11. The van der Waals surface area contributed by atoms with Gasteiger partial charge in [-0.2, -0.15) is 0 Å². The fourth-order valence-corrected chi connectivity index (χ4v) is 2.36. The maximum Gasteiger partial charge on any atom is 0.287 e. The number of nitrogens with one attached hydrogen (secondary N) is 1. The second-order valence-corrected chi connectivity index (χ2v) is 4.99. The maximum atomic E-state index is 11.6. The van der Waals surface area contributed by atoms with E-state index in [1.54, 1.807) is 12.1 Å². The molecule has 1 aliphatic heterocycles. The molecule has 1 aromatic heterocycles. The average molecular weight is 271 g/mol. The third kappa shape index (κ3) is 4.03. The summed E-state index contributed by atoms with van der Waals surface area (Å²) < 4.78 is 5.04. The number of amides is 1. The van der Waals surface area contributed by atoms with Crippen molar-refractivity contribution in [3.8, 4) is 0 Å². The van der Waals surface area contributed by atoms with Gasteiger partial charge in [-0.15, -0.1) is 0 Å². The van der Waals surface area contributed by atoms with Crippen LogP contribution in [0.15, 0.2) is 16.5 Å². The molecule has 2 heterocycles. The lowest BCUT2D eigenvalue weighted by atomic mass is 10.1. The summed E-state index contributed by atoms with van der Waals surface area (Å²) in [6, 6.07) is 3.16. The molecule has 18 heavy (non-hydrogen) atoms. The molecule has 0 saturated carbocycles. The molecule has 5 heteroatoms. The lowest BCUT2D eigenvalue weighted by molar-refractivity contribution is 0.0923. The van der Waals surface area contributed by atoms with E-state index in [0.717, 1.165) is 13.0 Å². The molecule has 0 radical (unpaired) electrons. The first-order chi connectivity index (χ1) is 8.75. The van der Waals surface area contributed by atoms with Crippen LogP contribution in [0.5, 0.6) is 0 Å². The molecule has 1 amide bonds. The van der Waals surface area contributed by atoms with E-state index in [9.17, 15) is 4.79 Å². The van der Waals surface area contributed by atoms with Gasteiger partial charge in [0.15, 0.2) is 11.0 Å². The van der Waals surface area contributed by atoms with Gasteiger partial charge < -0.3 is 14.6 Å². The van der Waals surface area contributed by atoms with Crippen molar-refractivity contribution >= 4 is 17.5 Å². The molecule has 100 valence electrons. The minimum absolute atomic E-state index is 0.194. The smallest absolute Gasteiger partial charge is 0.287 e. The van der Waals surface area contributed by atoms with Crippen molar-refractivity contribution < 1.29 is 9.21 Å². The second kappa shape index (κ2) is 6.81. The molecule has 1 N–H and O–H groups in total. The summed E-state index contributed by atoms with van der Waals surface area (Å²) in [6.07, 6.45) is 4.93. The van der Waals surface area contributed by atoms with Crippen LogP contribution in [0.3, 0.4) is 0 Å². The molecule has 0 spiro atoms. The second-order valence-electron chi connectivity index (χ2n) is 4.62. The Kier molecular flexibility index (Phi) is 5.08. The van der Waals surface area contributed by atoms with Gasteiger partial charge in [0.25, 0.3) is 5.91 Å². The zero-order valence-corrected chi connectivity index (χ0v) is 11.2. The van der Waals surface area contributed by atoms with Crippen LogP contribution >= 0.6 is 11.6 Å². The van der Waals surface area contributed by atoms with Crippen LogP contribution in [0.25, 0.3) is 0 Å². The Hall–Kier alpha value is -1.00. The summed E-state index contributed by atoms with van der Waals surface area (Å²) in [7, 11) is 0. The number of likely N-dealkylation sites (tertiary alicyclic amines) is 1. The van der Waals surface area contributed by atoms with Gasteiger partial charge >= 0.3 is 0 Å². The monoisotopic (exact) mass is 270 g/mol. The molecule has 0 aromatic carbocycles. The Balaban J connectivity index is 1.61. The number of hydrogen-bond donors (Lipinski definition) is 1. The number of hydrogen-bond acceptors (Lipinski definition) is 3. The third-order valence-electron chi connectivity index (χ3n) is 3.18. The van der Waals surface area contributed by atoms with Crippen LogP contribution in [0.4, 0.5) is 0 Å². The van der Waals surface area contributed by atoms with Gasteiger partial charge in [0.2, 0.25) is 0 Å². The first-order valence-corrected chi connectivity index (χ1v) is 6.89. The Labute approximate surface area is 112 Å². The zero-order valence-electron chi connectivity index (χ0n) is 10.5. The van der Waals surface area contributed by atoms with Gasteiger partial charge in [-0.05, 0) is 62.6 Å². The minimum atomic E-state index is -0.194. The predicted molar refractivity (Wildman–Crippen MR) is 71.0 cm³/mol. The lowest BCUT2D eigenvalue weighted by Crippen LogP contribution is -2.33. The highest BCUT2D eigenvalue weighted by molar-refractivity contribution is 6.29. The van der Waals surface area contributed by atoms with Gasteiger partial charge in [-0.25, -0.2) is 0 Å². The van der Waals surface area contributed by atoms with Crippen molar-refractivity contribution in [1.82, 2.24) is 10.2 Å². The van der Waals surface area contributed by atoms with Crippen LogP contribution in [0.2, 0.25) is 5.22 Å². The van der Waals surface area contributed by atoms with E-state index < -0.39 is 0 Å². The molecular formula is C13H19ClN2O2. The van der Waals surface area contributed by atoms with Crippen LogP contribution < -0.4 is 5.32 Å². The standard InChI is InChI=1S/C13H19ClN2O2/c14-12-6-5-11(18-12)13(17)15-7-4-10-16-8-2-1-3-9-16/h5-6H,1-4,7-10H2,(H,15,17). The molecule has 0 unspecified atom stereocenters. The maximum absolute atomic E-state index is 11.6. The minimum Gasteiger partial charge on any atom is -0.440 e. The van der Waals surface area contributed by atoms with E-state index >= 15 is 0 Å². The fraction of sp³-hybridized carbons (Fsp3) is 0.615. The van der Waals surface area contributed by atoms with E-state index in [-0.39, 0.29) is 16.9 Å². The summed E-state index contributed by atoms with van der Waals surface area (Å²) in [5.74, 6) is 0.0820. The molecule has 4 nitrogen and oxygen atoms in total. The molecule has 0 aliphatic carbocycles. The van der Waals surface area contributed by atoms with E-state index in [4.69, 9.17) is 16.0 Å². The number of carbonyl (C=O) groups is 1. The lowest BCUT2D eigenvalue weighted by Gasteiger charge is -2.26. The largest absolute Gasteiger partial charge is 0.440 e. The Morgan fingerprint density at radius 1 is 1.33 bits per heavy atom.